The number of para-hydroxylation sites is 1. The van der Waals surface area contributed by atoms with E-state index in [1.807, 2.05) is 6.07 Å². The second-order valence-electron chi connectivity index (χ2n) is 6.28. The van der Waals surface area contributed by atoms with E-state index in [9.17, 15) is 4.79 Å². The topological polar surface area (TPSA) is 84.2 Å². The van der Waals surface area contributed by atoms with Crippen LogP contribution in [0.5, 0.6) is 11.5 Å². The van der Waals surface area contributed by atoms with Crippen molar-refractivity contribution < 1.29 is 14.3 Å². The number of ether oxygens (including phenoxy) is 2. The van der Waals surface area contributed by atoms with Crippen molar-refractivity contribution in [2.24, 2.45) is 5.92 Å². The summed E-state index contributed by atoms with van der Waals surface area (Å²) in [6.45, 7) is 0.768. The lowest BCUT2D eigenvalue weighted by atomic mass is 10.1. The highest BCUT2D eigenvalue weighted by Crippen LogP contribution is 2.38. The van der Waals surface area contributed by atoms with Gasteiger partial charge >= 0.3 is 0 Å². The van der Waals surface area contributed by atoms with E-state index in [4.69, 9.17) is 14.7 Å². The molecule has 1 fully saturated rings. The summed E-state index contributed by atoms with van der Waals surface area (Å²) >= 11 is 0. The van der Waals surface area contributed by atoms with Crippen molar-refractivity contribution in [1.29, 1.82) is 5.26 Å². The van der Waals surface area contributed by atoms with Crippen LogP contribution < -0.4 is 14.8 Å². The fraction of sp³-hybridized carbons (Fsp3) is 0.316. The molecule has 1 aromatic heterocycles. The molecule has 1 aliphatic heterocycles. The fourth-order valence-electron chi connectivity index (χ4n) is 2.82. The molecule has 2 aromatic rings. The van der Waals surface area contributed by atoms with Gasteiger partial charge in [0.1, 0.15) is 12.7 Å². The number of amides is 1. The molecule has 1 unspecified atom stereocenters. The first kappa shape index (κ1) is 15.5. The first-order chi connectivity index (χ1) is 12.2. The second-order valence-corrected chi connectivity index (χ2v) is 6.28. The van der Waals surface area contributed by atoms with Crippen molar-refractivity contribution in [3.8, 4) is 17.6 Å². The molecule has 1 N–H and O–H groups in total. The number of fused-ring (bicyclic) bond motifs is 1. The summed E-state index contributed by atoms with van der Waals surface area (Å²) in [5, 5.41) is 12.1. The lowest BCUT2D eigenvalue weighted by Gasteiger charge is -2.27. The molecular formula is C19H17N3O3. The Morgan fingerprint density at radius 2 is 2.24 bits per heavy atom. The van der Waals surface area contributed by atoms with Crippen molar-refractivity contribution >= 4 is 5.91 Å². The van der Waals surface area contributed by atoms with Crippen LogP contribution in [0.4, 0.5) is 0 Å². The Morgan fingerprint density at radius 1 is 1.36 bits per heavy atom. The molecule has 0 spiro atoms. The monoisotopic (exact) mass is 335 g/mol. The number of nitriles is 1. The molecule has 0 bridgehead atoms. The molecule has 6 heteroatoms. The minimum Gasteiger partial charge on any atom is -0.484 e. The summed E-state index contributed by atoms with van der Waals surface area (Å²) in [5.74, 6) is 1.35. The first-order valence-corrected chi connectivity index (χ1v) is 8.28. The summed E-state index contributed by atoms with van der Waals surface area (Å²) in [6.07, 6.45) is 5.15. The Labute approximate surface area is 145 Å². The minimum absolute atomic E-state index is 0.112. The van der Waals surface area contributed by atoms with E-state index in [0.717, 1.165) is 24.0 Å². The molecule has 126 valence electrons. The van der Waals surface area contributed by atoms with Gasteiger partial charge in [0.15, 0.2) is 17.6 Å². The summed E-state index contributed by atoms with van der Waals surface area (Å²) in [7, 11) is 0. The van der Waals surface area contributed by atoms with Crippen molar-refractivity contribution in [3.63, 3.8) is 0 Å². The minimum atomic E-state index is -0.298. The predicted octanol–water partition coefficient (Wildman–Crippen LogP) is 2.49. The fourth-order valence-corrected chi connectivity index (χ4v) is 2.82. The van der Waals surface area contributed by atoms with E-state index >= 15 is 0 Å². The molecule has 2 heterocycles. The van der Waals surface area contributed by atoms with Crippen LogP contribution in [-0.2, 0) is 11.3 Å². The molecule has 1 atom stereocenters. The number of carbonyl (C=O) groups excluding carboxylic acids is 1. The van der Waals surface area contributed by atoms with Crippen molar-refractivity contribution in [2.75, 3.05) is 6.61 Å². The predicted molar refractivity (Wildman–Crippen MR) is 88.8 cm³/mol. The molecule has 4 rings (SSSR count). The van der Waals surface area contributed by atoms with Gasteiger partial charge in [-0.15, -0.1) is 0 Å². The van der Waals surface area contributed by atoms with E-state index in [1.165, 1.54) is 0 Å². The molecule has 1 aromatic carbocycles. The van der Waals surface area contributed by atoms with Gasteiger partial charge in [-0.25, -0.2) is 0 Å². The van der Waals surface area contributed by atoms with Gasteiger partial charge in [0.25, 0.3) is 0 Å². The zero-order valence-corrected chi connectivity index (χ0v) is 13.6. The third kappa shape index (κ3) is 3.26. The molecule has 1 amide bonds. The zero-order valence-electron chi connectivity index (χ0n) is 13.6. The normalized spacial score (nSPS) is 18.3. The zero-order chi connectivity index (χ0) is 17.2. The standard InChI is InChI=1S/C19H17N3O3/c20-7-14-2-1-3-16-18(14)24-11-17(25-16)15-6-12(8-21-10-15)9-22-19(23)13-4-5-13/h1-3,6,8,10,13,17H,4-5,9,11H2,(H,22,23). The summed E-state index contributed by atoms with van der Waals surface area (Å²) in [4.78, 5) is 16.0. The van der Waals surface area contributed by atoms with Crippen LogP contribution in [0.25, 0.3) is 0 Å². The van der Waals surface area contributed by atoms with Gasteiger partial charge < -0.3 is 14.8 Å². The molecule has 1 saturated carbocycles. The average Bonchev–Trinajstić information content (AvgIpc) is 3.50. The Hall–Kier alpha value is -3.07. The van der Waals surface area contributed by atoms with Crippen LogP contribution in [0.15, 0.2) is 36.7 Å². The number of rotatable bonds is 4. The molecule has 1 aliphatic carbocycles. The van der Waals surface area contributed by atoms with E-state index in [-0.39, 0.29) is 17.9 Å². The second kappa shape index (κ2) is 6.44. The van der Waals surface area contributed by atoms with Crippen molar-refractivity contribution in [1.82, 2.24) is 10.3 Å². The number of carbonyl (C=O) groups is 1. The number of nitrogens with zero attached hydrogens (tertiary/aromatic N) is 2. The van der Waals surface area contributed by atoms with E-state index < -0.39 is 0 Å². The maximum Gasteiger partial charge on any atom is 0.223 e. The quantitative estimate of drug-likeness (QED) is 0.928. The van der Waals surface area contributed by atoms with Crippen LogP contribution in [0.2, 0.25) is 0 Å². The Bertz CT molecular complexity index is 855. The van der Waals surface area contributed by atoms with E-state index in [0.29, 0.717) is 30.2 Å². The Morgan fingerprint density at radius 3 is 3.04 bits per heavy atom. The Balaban J connectivity index is 1.47. The maximum atomic E-state index is 11.8. The molecule has 0 saturated heterocycles. The number of aromatic nitrogens is 1. The highest BCUT2D eigenvalue weighted by Gasteiger charge is 2.29. The third-order valence-corrected chi connectivity index (χ3v) is 4.35. The number of pyridine rings is 1. The van der Waals surface area contributed by atoms with Crippen LogP contribution in [0.3, 0.4) is 0 Å². The van der Waals surface area contributed by atoms with Gasteiger partial charge in [0.05, 0.1) is 5.56 Å². The van der Waals surface area contributed by atoms with Gasteiger partial charge in [0, 0.05) is 30.4 Å². The highest BCUT2D eigenvalue weighted by molar-refractivity contribution is 5.80. The van der Waals surface area contributed by atoms with Gasteiger partial charge in [-0.3, -0.25) is 9.78 Å². The van der Waals surface area contributed by atoms with Crippen LogP contribution >= 0.6 is 0 Å². The lowest BCUT2D eigenvalue weighted by molar-refractivity contribution is -0.122. The Kier molecular flexibility index (Phi) is 3.98. The SMILES string of the molecule is N#Cc1cccc2c1OCC(c1cncc(CNC(=O)C3CC3)c1)O2. The van der Waals surface area contributed by atoms with Gasteiger partial charge in [-0.2, -0.15) is 5.26 Å². The highest BCUT2D eigenvalue weighted by atomic mass is 16.6. The smallest absolute Gasteiger partial charge is 0.223 e. The lowest BCUT2D eigenvalue weighted by Crippen LogP contribution is -2.25. The largest absolute Gasteiger partial charge is 0.484 e. The molecule has 0 radical (unpaired) electrons. The number of hydrogen-bond donors (Lipinski definition) is 1. The third-order valence-electron chi connectivity index (χ3n) is 4.35. The molecule has 6 nitrogen and oxygen atoms in total. The summed E-state index contributed by atoms with van der Waals surface area (Å²) < 4.78 is 11.7. The molecule has 2 aliphatic rings. The average molecular weight is 335 g/mol. The van der Waals surface area contributed by atoms with Crippen LogP contribution in [0.1, 0.15) is 35.6 Å². The van der Waals surface area contributed by atoms with Gasteiger partial charge in [-0.1, -0.05) is 6.07 Å². The first-order valence-electron chi connectivity index (χ1n) is 8.28. The van der Waals surface area contributed by atoms with E-state index in [1.54, 1.807) is 30.6 Å². The van der Waals surface area contributed by atoms with Crippen LogP contribution in [-0.4, -0.2) is 17.5 Å². The number of nitrogens with one attached hydrogen (secondary N) is 1. The molecule has 25 heavy (non-hydrogen) atoms. The van der Waals surface area contributed by atoms with E-state index in [2.05, 4.69) is 16.4 Å². The number of benzene rings is 1. The summed E-state index contributed by atoms with van der Waals surface area (Å²) in [6, 6.07) is 9.33. The molecular weight excluding hydrogens is 318 g/mol. The van der Waals surface area contributed by atoms with Gasteiger partial charge in [0.2, 0.25) is 5.91 Å². The van der Waals surface area contributed by atoms with Crippen LogP contribution in [0, 0.1) is 17.2 Å². The van der Waals surface area contributed by atoms with Crippen molar-refractivity contribution in [3.05, 3.63) is 53.3 Å². The summed E-state index contributed by atoms with van der Waals surface area (Å²) in [5.41, 5.74) is 2.27. The van der Waals surface area contributed by atoms with Gasteiger partial charge in [-0.05, 0) is 36.6 Å². The maximum absolute atomic E-state index is 11.8. The van der Waals surface area contributed by atoms with Crippen molar-refractivity contribution in [2.45, 2.75) is 25.5 Å². The number of hydrogen-bond acceptors (Lipinski definition) is 5.